The van der Waals surface area contributed by atoms with E-state index in [-0.39, 0.29) is 16.8 Å². The zero-order valence-corrected chi connectivity index (χ0v) is 17.7. The van der Waals surface area contributed by atoms with Crippen molar-refractivity contribution in [2.75, 3.05) is 7.05 Å². The summed E-state index contributed by atoms with van der Waals surface area (Å²) in [5.41, 5.74) is 1.36. The molecule has 1 atom stereocenters. The summed E-state index contributed by atoms with van der Waals surface area (Å²) in [7, 11) is -1.87. The van der Waals surface area contributed by atoms with Gasteiger partial charge in [0.15, 0.2) is 0 Å². The summed E-state index contributed by atoms with van der Waals surface area (Å²) in [4.78, 5) is 19.0. The molecule has 1 aromatic heterocycles. The van der Waals surface area contributed by atoms with Crippen molar-refractivity contribution in [1.29, 1.82) is 0 Å². The van der Waals surface area contributed by atoms with E-state index in [1.165, 1.54) is 12.1 Å². The average molecular weight is 418 g/mol. The molecule has 28 heavy (non-hydrogen) atoms. The second kappa shape index (κ2) is 8.38. The van der Waals surface area contributed by atoms with Gasteiger partial charge in [-0.25, -0.2) is 18.1 Å². The van der Waals surface area contributed by atoms with Crippen LogP contribution < -0.4 is 4.72 Å². The van der Waals surface area contributed by atoms with Gasteiger partial charge < -0.3 is 4.90 Å². The van der Waals surface area contributed by atoms with E-state index >= 15 is 0 Å². The van der Waals surface area contributed by atoms with Crippen molar-refractivity contribution in [3.8, 4) is 0 Å². The van der Waals surface area contributed by atoms with E-state index in [9.17, 15) is 13.2 Å². The number of thiazole rings is 1. The van der Waals surface area contributed by atoms with Crippen LogP contribution in [-0.2, 0) is 16.6 Å². The maximum absolute atomic E-state index is 12.7. The van der Waals surface area contributed by atoms with Crippen molar-refractivity contribution < 1.29 is 13.2 Å². The topological polar surface area (TPSA) is 79.4 Å². The van der Waals surface area contributed by atoms with Gasteiger partial charge >= 0.3 is 0 Å². The molecule has 0 saturated carbocycles. The first kappa shape index (κ1) is 20.4. The van der Waals surface area contributed by atoms with Crippen molar-refractivity contribution in [1.82, 2.24) is 14.6 Å². The zero-order valence-electron chi connectivity index (χ0n) is 16.0. The molecule has 6 nitrogen and oxygen atoms in total. The minimum atomic E-state index is -3.58. The fourth-order valence-electron chi connectivity index (χ4n) is 2.68. The number of fused-ring (bicyclic) bond motifs is 1. The van der Waals surface area contributed by atoms with Crippen LogP contribution in [0.1, 0.15) is 35.6 Å². The van der Waals surface area contributed by atoms with Gasteiger partial charge in [0.05, 0.1) is 21.7 Å². The molecule has 0 unspecified atom stereocenters. The highest BCUT2D eigenvalue weighted by atomic mass is 32.2. The zero-order chi connectivity index (χ0) is 20.3. The van der Waals surface area contributed by atoms with Crippen LogP contribution in [-0.4, -0.2) is 37.3 Å². The summed E-state index contributed by atoms with van der Waals surface area (Å²) in [5.74, 6) is -0.182. The van der Waals surface area contributed by atoms with Crippen LogP contribution in [0, 0.1) is 0 Å². The highest BCUT2D eigenvalue weighted by Gasteiger charge is 2.19. The minimum absolute atomic E-state index is 0.147. The molecule has 0 saturated heterocycles. The lowest BCUT2D eigenvalue weighted by molar-refractivity contribution is 0.0785. The highest BCUT2D eigenvalue weighted by molar-refractivity contribution is 7.89. The Morgan fingerprint density at radius 2 is 1.86 bits per heavy atom. The number of carbonyl (C=O) groups is 1. The van der Waals surface area contributed by atoms with Gasteiger partial charge in [-0.3, -0.25) is 4.79 Å². The van der Waals surface area contributed by atoms with Gasteiger partial charge in [0.25, 0.3) is 5.91 Å². The lowest BCUT2D eigenvalue weighted by Crippen LogP contribution is -2.32. The molecule has 8 heteroatoms. The Balaban J connectivity index is 1.71. The summed E-state index contributed by atoms with van der Waals surface area (Å²) in [6, 6.07) is 13.7. The second-order valence-electron chi connectivity index (χ2n) is 6.69. The van der Waals surface area contributed by atoms with Crippen molar-refractivity contribution in [2.45, 2.75) is 37.8 Å². The summed E-state index contributed by atoms with van der Waals surface area (Å²) in [6.45, 7) is 4.12. The predicted octanol–water partition coefficient (Wildman–Crippen LogP) is 3.65. The Morgan fingerprint density at radius 3 is 2.50 bits per heavy atom. The molecule has 1 heterocycles. The van der Waals surface area contributed by atoms with Gasteiger partial charge in [-0.2, -0.15) is 0 Å². The van der Waals surface area contributed by atoms with Gasteiger partial charge in [-0.05, 0) is 49.7 Å². The van der Waals surface area contributed by atoms with E-state index in [1.807, 2.05) is 38.1 Å². The lowest BCUT2D eigenvalue weighted by Gasteiger charge is -2.16. The fraction of sp³-hybridized carbons (Fsp3) is 0.300. The van der Waals surface area contributed by atoms with Crippen LogP contribution in [0.2, 0.25) is 0 Å². The largest absolute Gasteiger partial charge is 0.335 e. The molecule has 0 aliphatic heterocycles. The number of hydrogen-bond acceptors (Lipinski definition) is 5. The van der Waals surface area contributed by atoms with E-state index in [0.717, 1.165) is 15.2 Å². The summed E-state index contributed by atoms with van der Waals surface area (Å²) >= 11 is 1.56. The third-order valence-corrected chi connectivity index (χ3v) is 7.06. The molecular formula is C20H23N3O3S2. The first-order chi connectivity index (χ1) is 13.3. The first-order valence-electron chi connectivity index (χ1n) is 9.02. The Labute approximate surface area is 169 Å². The normalized spacial score (nSPS) is 12.8. The van der Waals surface area contributed by atoms with Gasteiger partial charge in [0.1, 0.15) is 5.01 Å². The van der Waals surface area contributed by atoms with Gasteiger partial charge in [0, 0.05) is 18.7 Å². The summed E-state index contributed by atoms with van der Waals surface area (Å²) < 4.78 is 28.4. The van der Waals surface area contributed by atoms with Gasteiger partial charge in [-0.15, -0.1) is 11.3 Å². The second-order valence-corrected chi connectivity index (χ2v) is 9.52. The van der Waals surface area contributed by atoms with E-state index in [0.29, 0.717) is 18.5 Å². The quantitative estimate of drug-likeness (QED) is 0.636. The minimum Gasteiger partial charge on any atom is -0.335 e. The average Bonchev–Trinajstić information content (AvgIpc) is 3.09. The number of para-hydroxylation sites is 1. The SMILES string of the molecule is CC[C@H](C)NS(=O)(=O)c1ccc(C(=O)N(C)Cc2nc3ccccc3s2)cc1. The van der Waals surface area contributed by atoms with Gasteiger partial charge in [-0.1, -0.05) is 19.1 Å². The monoisotopic (exact) mass is 417 g/mol. The molecule has 1 N–H and O–H groups in total. The van der Waals surface area contributed by atoms with Crippen molar-refractivity contribution in [2.24, 2.45) is 0 Å². The predicted molar refractivity (Wildman–Crippen MR) is 112 cm³/mol. The number of nitrogens with zero attached hydrogens (tertiary/aromatic N) is 2. The van der Waals surface area contributed by atoms with Crippen molar-refractivity contribution >= 4 is 37.5 Å². The Kier molecular flexibility index (Phi) is 6.12. The molecule has 0 fully saturated rings. The molecule has 2 aromatic carbocycles. The number of amides is 1. The van der Waals surface area contributed by atoms with Crippen molar-refractivity contribution in [3.05, 3.63) is 59.1 Å². The van der Waals surface area contributed by atoms with E-state index in [1.54, 1.807) is 35.4 Å². The number of hydrogen-bond donors (Lipinski definition) is 1. The Bertz CT molecular complexity index is 1040. The first-order valence-corrected chi connectivity index (χ1v) is 11.3. The molecular weight excluding hydrogens is 394 g/mol. The molecule has 0 radical (unpaired) electrons. The maximum atomic E-state index is 12.7. The van der Waals surface area contributed by atoms with Crippen LogP contribution in [0.15, 0.2) is 53.4 Å². The van der Waals surface area contributed by atoms with Crippen molar-refractivity contribution in [3.63, 3.8) is 0 Å². The Hall–Kier alpha value is -2.29. The van der Waals surface area contributed by atoms with E-state index in [2.05, 4.69) is 9.71 Å². The van der Waals surface area contributed by atoms with E-state index < -0.39 is 10.0 Å². The van der Waals surface area contributed by atoms with Gasteiger partial charge in [0.2, 0.25) is 10.0 Å². The molecule has 3 aromatic rings. The lowest BCUT2D eigenvalue weighted by atomic mass is 10.2. The fourth-order valence-corrected chi connectivity index (χ4v) is 5.02. The number of sulfonamides is 1. The molecule has 3 rings (SSSR count). The molecule has 0 aliphatic rings. The number of aromatic nitrogens is 1. The molecule has 148 valence electrons. The Morgan fingerprint density at radius 1 is 1.18 bits per heavy atom. The molecule has 0 spiro atoms. The highest BCUT2D eigenvalue weighted by Crippen LogP contribution is 2.23. The maximum Gasteiger partial charge on any atom is 0.253 e. The standard InChI is InChI=1S/C20H23N3O3S2/c1-4-14(2)22-28(25,26)16-11-9-15(10-12-16)20(24)23(3)13-19-21-17-7-5-6-8-18(17)27-19/h5-12,14,22H,4,13H2,1-3H3/t14-/m0/s1. The third-order valence-electron chi connectivity index (χ3n) is 4.44. The molecule has 0 aliphatic carbocycles. The van der Waals surface area contributed by atoms with Crippen LogP contribution in [0.3, 0.4) is 0 Å². The third kappa shape index (κ3) is 4.57. The number of nitrogens with one attached hydrogen (secondary N) is 1. The summed E-state index contributed by atoms with van der Waals surface area (Å²) in [5, 5.41) is 0.856. The number of carbonyl (C=O) groups excluding carboxylic acids is 1. The molecule has 1 amide bonds. The smallest absolute Gasteiger partial charge is 0.253 e. The van der Waals surface area contributed by atoms with E-state index in [4.69, 9.17) is 0 Å². The number of rotatable bonds is 7. The van der Waals surface area contributed by atoms with Crippen LogP contribution in [0.4, 0.5) is 0 Å². The number of benzene rings is 2. The van der Waals surface area contributed by atoms with Crippen LogP contribution in [0.5, 0.6) is 0 Å². The van der Waals surface area contributed by atoms with Crippen LogP contribution in [0.25, 0.3) is 10.2 Å². The molecule has 0 bridgehead atoms. The summed E-state index contributed by atoms with van der Waals surface area (Å²) in [6.07, 6.45) is 0.701. The van der Waals surface area contributed by atoms with Crippen LogP contribution >= 0.6 is 11.3 Å².